The third kappa shape index (κ3) is 4.28. The molecule has 1 rings (SSSR count). The fourth-order valence-electron chi connectivity index (χ4n) is 1.90. The van der Waals surface area contributed by atoms with Crippen LogP contribution in [0.1, 0.15) is 32.3 Å². The largest absolute Gasteiger partial charge is 0.481 e. The molecule has 0 aliphatic carbocycles. The van der Waals surface area contributed by atoms with E-state index in [2.05, 4.69) is 0 Å². The zero-order valence-corrected chi connectivity index (χ0v) is 11.0. The Morgan fingerprint density at radius 2 is 1.95 bits per heavy atom. The monoisotopic (exact) mass is 272 g/mol. The van der Waals surface area contributed by atoms with E-state index >= 15 is 0 Å². The van der Waals surface area contributed by atoms with Gasteiger partial charge in [-0.1, -0.05) is 19.9 Å². The molecule has 0 bridgehead atoms. The van der Waals surface area contributed by atoms with E-state index < -0.39 is 23.2 Å². The summed E-state index contributed by atoms with van der Waals surface area (Å²) in [6.45, 7) is 3.46. The molecule has 5 heteroatoms. The highest BCUT2D eigenvalue weighted by atomic mass is 19.2. The average Bonchev–Trinajstić information content (AvgIpc) is 2.29. The number of aryl methyl sites for hydroxylation is 1. The average molecular weight is 272 g/mol. The van der Waals surface area contributed by atoms with Crippen molar-refractivity contribution in [3.63, 3.8) is 0 Å². The molecule has 19 heavy (non-hydrogen) atoms. The van der Waals surface area contributed by atoms with Crippen molar-refractivity contribution in [2.45, 2.75) is 38.7 Å². The van der Waals surface area contributed by atoms with Crippen molar-refractivity contribution in [3.05, 3.63) is 35.4 Å². The van der Waals surface area contributed by atoms with Crippen molar-refractivity contribution in [1.29, 1.82) is 0 Å². The van der Waals surface area contributed by atoms with Gasteiger partial charge in [0.15, 0.2) is 11.6 Å². The van der Waals surface area contributed by atoms with Gasteiger partial charge >= 0.3 is 5.97 Å². The van der Waals surface area contributed by atoms with Gasteiger partial charge in [-0.2, -0.15) is 0 Å². The number of halogens is 2. The molecule has 1 aromatic rings. The SMILES string of the molecule is CC(C)C(O)(CCc1ccc(F)c(F)c1)CC(=O)O. The molecule has 0 aliphatic heterocycles. The number of rotatable bonds is 6. The first-order valence-corrected chi connectivity index (χ1v) is 6.12. The minimum atomic E-state index is -1.35. The lowest BCUT2D eigenvalue weighted by atomic mass is 9.82. The number of hydrogen-bond donors (Lipinski definition) is 2. The number of aliphatic carboxylic acids is 1. The number of carboxylic acids is 1. The molecule has 0 spiro atoms. The summed E-state index contributed by atoms with van der Waals surface area (Å²) in [5, 5.41) is 19.1. The summed E-state index contributed by atoms with van der Waals surface area (Å²) in [7, 11) is 0. The molecule has 0 saturated carbocycles. The Bertz CT molecular complexity index is 460. The van der Waals surface area contributed by atoms with Gasteiger partial charge in [0.05, 0.1) is 12.0 Å². The van der Waals surface area contributed by atoms with E-state index in [1.54, 1.807) is 13.8 Å². The predicted molar refractivity (Wildman–Crippen MR) is 66.7 cm³/mol. The number of hydrogen-bond acceptors (Lipinski definition) is 2. The molecule has 0 amide bonds. The number of benzene rings is 1. The van der Waals surface area contributed by atoms with Gasteiger partial charge in [-0.15, -0.1) is 0 Å². The zero-order valence-electron chi connectivity index (χ0n) is 11.0. The van der Waals surface area contributed by atoms with Crippen LogP contribution in [0, 0.1) is 17.6 Å². The van der Waals surface area contributed by atoms with Crippen LogP contribution in [-0.4, -0.2) is 21.8 Å². The highest BCUT2D eigenvalue weighted by molar-refractivity contribution is 5.68. The highest BCUT2D eigenvalue weighted by Gasteiger charge is 2.33. The second-order valence-electron chi connectivity index (χ2n) is 5.08. The van der Waals surface area contributed by atoms with Gasteiger partial charge in [0, 0.05) is 0 Å². The molecule has 1 atom stereocenters. The fourth-order valence-corrected chi connectivity index (χ4v) is 1.90. The first-order valence-electron chi connectivity index (χ1n) is 6.12. The molecule has 1 unspecified atom stereocenters. The third-order valence-electron chi connectivity index (χ3n) is 3.36. The first kappa shape index (κ1) is 15.6. The quantitative estimate of drug-likeness (QED) is 0.837. The van der Waals surface area contributed by atoms with Gasteiger partial charge in [0.1, 0.15) is 0 Å². The van der Waals surface area contributed by atoms with E-state index in [-0.39, 0.29) is 18.8 Å². The lowest BCUT2D eigenvalue weighted by Gasteiger charge is -2.30. The summed E-state index contributed by atoms with van der Waals surface area (Å²) in [6.07, 6.45) is 0.107. The molecule has 1 aromatic carbocycles. The topological polar surface area (TPSA) is 57.5 Å². The van der Waals surface area contributed by atoms with Gasteiger partial charge < -0.3 is 10.2 Å². The maximum absolute atomic E-state index is 13.0. The Labute approximate surface area is 110 Å². The van der Waals surface area contributed by atoms with Crippen molar-refractivity contribution in [2.75, 3.05) is 0 Å². The molecule has 106 valence electrons. The van der Waals surface area contributed by atoms with E-state index in [0.717, 1.165) is 12.1 Å². The van der Waals surface area contributed by atoms with Crippen LogP contribution in [0.2, 0.25) is 0 Å². The third-order valence-corrected chi connectivity index (χ3v) is 3.36. The smallest absolute Gasteiger partial charge is 0.306 e. The molecule has 0 aromatic heterocycles. The van der Waals surface area contributed by atoms with Crippen molar-refractivity contribution >= 4 is 5.97 Å². The predicted octanol–water partition coefficient (Wildman–Crippen LogP) is 2.76. The van der Waals surface area contributed by atoms with Crippen LogP contribution in [0.3, 0.4) is 0 Å². The van der Waals surface area contributed by atoms with Gasteiger partial charge in [-0.05, 0) is 36.5 Å². The molecular weight excluding hydrogens is 254 g/mol. The van der Waals surface area contributed by atoms with Crippen LogP contribution in [-0.2, 0) is 11.2 Å². The molecule has 0 fully saturated rings. The van der Waals surface area contributed by atoms with Crippen LogP contribution in [0.15, 0.2) is 18.2 Å². The Hall–Kier alpha value is -1.49. The molecule has 0 aliphatic rings. The molecule has 3 nitrogen and oxygen atoms in total. The van der Waals surface area contributed by atoms with Crippen LogP contribution in [0.4, 0.5) is 8.78 Å². The van der Waals surface area contributed by atoms with E-state index in [1.165, 1.54) is 6.07 Å². The summed E-state index contributed by atoms with van der Waals surface area (Å²) in [5.74, 6) is -3.19. The number of carboxylic acid groups (broad SMARTS) is 1. The zero-order chi connectivity index (χ0) is 14.6. The minimum Gasteiger partial charge on any atom is -0.481 e. The van der Waals surface area contributed by atoms with Crippen LogP contribution in [0.5, 0.6) is 0 Å². The molecular formula is C14H18F2O3. The Kier molecular flexibility index (Phi) is 5.00. The van der Waals surface area contributed by atoms with E-state index in [4.69, 9.17) is 5.11 Å². The summed E-state index contributed by atoms with van der Waals surface area (Å²) in [6, 6.07) is 3.52. The maximum atomic E-state index is 13.0. The second-order valence-corrected chi connectivity index (χ2v) is 5.08. The van der Waals surface area contributed by atoms with Crippen molar-refractivity contribution in [1.82, 2.24) is 0 Å². The Morgan fingerprint density at radius 3 is 2.42 bits per heavy atom. The van der Waals surface area contributed by atoms with Crippen LogP contribution in [0.25, 0.3) is 0 Å². The molecule has 2 N–H and O–H groups in total. The minimum absolute atomic E-state index is 0.183. The summed E-state index contributed by atoms with van der Waals surface area (Å²) in [4.78, 5) is 10.8. The van der Waals surface area contributed by atoms with Crippen molar-refractivity contribution < 1.29 is 23.8 Å². The van der Waals surface area contributed by atoms with E-state index in [1.807, 2.05) is 0 Å². The number of aliphatic hydroxyl groups is 1. The number of carbonyl (C=O) groups is 1. The first-order chi connectivity index (χ1) is 8.74. The second kappa shape index (κ2) is 6.10. The normalized spacial score (nSPS) is 14.4. The Morgan fingerprint density at radius 1 is 1.32 bits per heavy atom. The van der Waals surface area contributed by atoms with Gasteiger partial charge in [0.25, 0.3) is 0 Å². The van der Waals surface area contributed by atoms with Crippen molar-refractivity contribution in [2.24, 2.45) is 5.92 Å². The lowest BCUT2D eigenvalue weighted by molar-refractivity contribution is -0.145. The van der Waals surface area contributed by atoms with Gasteiger partial charge in [-0.3, -0.25) is 4.79 Å². The summed E-state index contributed by atoms with van der Waals surface area (Å²) < 4.78 is 25.8. The van der Waals surface area contributed by atoms with Crippen LogP contribution < -0.4 is 0 Å². The van der Waals surface area contributed by atoms with Gasteiger partial charge in [0.2, 0.25) is 0 Å². The maximum Gasteiger partial charge on any atom is 0.306 e. The van der Waals surface area contributed by atoms with Crippen molar-refractivity contribution in [3.8, 4) is 0 Å². The Balaban J connectivity index is 2.76. The molecule has 0 saturated heterocycles. The summed E-state index contributed by atoms with van der Waals surface area (Å²) in [5.41, 5.74) is -0.820. The van der Waals surface area contributed by atoms with E-state index in [0.29, 0.717) is 12.0 Å². The highest BCUT2D eigenvalue weighted by Crippen LogP contribution is 2.27. The van der Waals surface area contributed by atoms with Crippen LogP contribution >= 0.6 is 0 Å². The fraction of sp³-hybridized carbons (Fsp3) is 0.500. The summed E-state index contributed by atoms with van der Waals surface area (Å²) >= 11 is 0. The molecule has 0 radical (unpaired) electrons. The lowest BCUT2D eigenvalue weighted by Crippen LogP contribution is -2.38. The van der Waals surface area contributed by atoms with E-state index in [9.17, 15) is 18.7 Å². The standard InChI is InChI=1S/C14H18F2O3/c1-9(2)14(19,8-13(17)18)6-5-10-3-4-11(15)12(16)7-10/h3-4,7,9,19H,5-6,8H2,1-2H3,(H,17,18). The van der Waals surface area contributed by atoms with Gasteiger partial charge in [-0.25, -0.2) is 8.78 Å². The molecule has 0 heterocycles.